The van der Waals surface area contributed by atoms with Crippen LogP contribution in [0.4, 0.5) is 0 Å². The van der Waals surface area contributed by atoms with Gasteiger partial charge in [0.25, 0.3) is 0 Å². The molecule has 1 aliphatic heterocycles. The number of rotatable bonds is 7. The molecule has 1 heterocycles. The number of hydrogen-bond acceptors (Lipinski definition) is 5. The molecule has 0 aliphatic carbocycles. The summed E-state index contributed by atoms with van der Waals surface area (Å²) in [6.07, 6.45) is 1.19. The Labute approximate surface area is 119 Å². The Morgan fingerprint density at radius 1 is 1.65 bits per heavy atom. The minimum atomic E-state index is -0.728. The van der Waals surface area contributed by atoms with Crippen molar-refractivity contribution < 1.29 is 14.3 Å². The number of hydrogen-bond donors (Lipinski definition) is 1. The van der Waals surface area contributed by atoms with Crippen LogP contribution in [-0.2, 0) is 14.3 Å². The Morgan fingerprint density at radius 3 is 3.00 bits per heavy atom. The molecule has 0 aromatic carbocycles. The third-order valence-electron chi connectivity index (χ3n) is 3.56. The summed E-state index contributed by atoms with van der Waals surface area (Å²) in [5.74, 6) is 0.0953. The Hall–Kier alpha value is -1.30. The van der Waals surface area contributed by atoms with E-state index in [0.717, 1.165) is 0 Å². The first-order valence-corrected chi connectivity index (χ1v) is 7.10. The smallest absolute Gasteiger partial charge is 0.326 e. The van der Waals surface area contributed by atoms with Gasteiger partial charge < -0.3 is 14.8 Å². The molecule has 1 fully saturated rings. The summed E-state index contributed by atoms with van der Waals surface area (Å²) in [7, 11) is 0. The summed E-state index contributed by atoms with van der Waals surface area (Å²) in [6, 6.07) is 0. The summed E-state index contributed by atoms with van der Waals surface area (Å²) in [6.45, 7) is 7.59. The van der Waals surface area contributed by atoms with Crippen molar-refractivity contribution in [3.8, 4) is 0 Å². The van der Waals surface area contributed by atoms with Gasteiger partial charge in [-0.2, -0.15) is 0 Å². The second kappa shape index (κ2) is 8.09. The molecule has 0 aromatic heterocycles. The molecule has 0 amide bonds. The van der Waals surface area contributed by atoms with E-state index >= 15 is 0 Å². The van der Waals surface area contributed by atoms with Gasteiger partial charge in [0.2, 0.25) is 0 Å². The lowest BCUT2D eigenvalue weighted by atomic mass is 9.83. The maximum atomic E-state index is 12.3. The third-order valence-corrected chi connectivity index (χ3v) is 3.56. The van der Waals surface area contributed by atoms with Crippen LogP contribution < -0.4 is 5.32 Å². The summed E-state index contributed by atoms with van der Waals surface area (Å²) in [5.41, 5.74) is 7.57. The maximum absolute atomic E-state index is 12.3. The van der Waals surface area contributed by atoms with E-state index in [4.69, 9.17) is 15.0 Å². The molecule has 0 spiro atoms. The van der Waals surface area contributed by atoms with Crippen LogP contribution in [0.2, 0.25) is 0 Å². The monoisotopic (exact) mass is 284 g/mol. The van der Waals surface area contributed by atoms with E-state index in [2.05, 4.69) is 29.2 Å². The molecule has 1 saturated heterocycles. The van der Waals surface area contributed by atoms with Gasteiger partial charge >= 0.3 is 5.97 Å². The Balaban J connectivity index is 2.77. The first-order valence-electron chi connectivity index (χ1n) is 7.10. The van der Waals surface area contributed by atoms with Gasteiger partial charge in [-0.3, -0.25) is 4.79 Å². The van der Waals surface area contributed by atoms with Gasteiger partial charge in [-0.15, -0.1) is 0 Å². The number of ether oxygens (including phenoxy) is 2. The van der Waals surface area contributed by atoms with Gasteiger partial charge in [0.15, 0.2) is 0 Å². The SMILES string of the molecule is CCOC(=O)C1(NCCN=[N+]=[N-])CCOC(C(C)C)C1. The zero-order chi connectivity index (χ0) is 15.0. The van der Waals surface area contributed by atoms with E-state index in [-0.39, 0.29) is 12.1 Å². The average Bonchev–Trinajstić information content (AvgIpc) is 2.44. The van der Waals surface area contributed by atoms with Crippen molar-refractivity contribution in [3.63, 3.8) is 0 Å². The highest BCUT2D eigenvalue weighted by molar-refractivity contribution is 5.81. The molecule has 2 unspecified atom stereocenters. The van der Waals surface area contributed by atoms with Crippen molar-refractivity contribution >= 4 is 5.97 Å². The van der Waals surface area contributed by atoms with Gasteiger partial charge in [-0.1, -0.05) is 19.0 Å². The first kappa shape index (κ1) is 16.8. The highest BCUT2D eigenvalue weighted by Gasteiger charge is 2.44. The number of nitrogens with zero attached hydrogens (tertiary/aromatic N) is 3. The van der Waals surface area contributed by atoms with Crippen molar-refractivity contribution in [1.82, 2.24) is 5.32 Å². The van der Waals surface area contributed by atoms with E-state index < -0.39 is 5.54 Å². The second-order valence-corrected chi connectivity index (χ2v) is 5.29. The highest BCUT2D eigenvalue weighted by atomic mass is 16.5. The minimum Gasteiger partial charge on any atom is -0.465 e. The molecule has 0 radical (unpaired) electrons. The van der Waals surface area contributed by atoms with Gasteiger partial charge in [0.1, 0.15) is 5.54 Å². The van der Waals surface area contributed by atoms with Crippen LogP contribution in [-0.4, -0.2) is 43.9 Å². The number of esters is 1. The Bertz CT molecular complexity index is 369. The van der Waals surface area contributed by atoms with E-state index in [1.807, 2.05) is 0 Å². The number of nitrogens with one attached hydrogen (secondary N) is 1. The summed E-state index contributed by atoms with van der Waals surface area (Å²) < 4.78 is 10.9. The van der Waals surface area contributed by atoms with Crippen molar-refractivity contribution in [1.29, 1.82) is 0 Å². The fourth-order valence-electron chi connectivity index (χ4n) is 2.39. The summed E-state index contributed by atoms with van der Waals surface area (Å²) >= 11 is 0. The first-order chi connectivity index (χ1) is 9.55. The lowest BCUT2D eigenvalue weighted by Gasteiger charge is -2.40. The number of carbonyl (C=O) groups excluding carboxylic acids is 1. The van der Waals surface area contributed by atoms with Crippen LogP contribution in [0.15, 0.2) is 5.11 Å². The maximum Gasteiger partial charge on any atom is 0.326 e. The van der Waals surface area contributed by atoms with Crippen molar-refractivity contribution in [2.75, 3.05) is 26.3 Å². The average molecular weight is 284 g/mol. The topological polar surface area (TPSA) is 96.3 Å². The second-order valence-electron chi connectivity index (χ2n) is 5.29. The molecule has 114 valence electrons. The van der Waals surface area contributed by atoms with Crippen LogP contribution in [0.5, 0.6) is 0 Å². The van der Waals surface area contributed by atoms with Gasteiger partial charge in [-0.25, -0.2) is 0 Å². The highest BCUT2D eigenvalue weighted by Crippen LogP contribution is 2.29. The molecule has 0 saturated carbocycles. The predicted octanol–water partition coefficient (Wildman–Crippen LogP) is 2.02. The molecular formula is C13H24N4O3. The van der Waals surface area contributed by atoms with Crippen LogP contribution in [0.1, 0.15) is 33.6 Å². The molecular weight excluding hydrogens is 260 g/mol. The third kappa shape index (κ3) is 4.37. The fourth-order valence-corrected chi connectivity index (χ4v) is 2.39. The van der Waals surface area contributed by atoms with Crippen LogP contribution in [0.25, 0.3) is 10.4 Å². The zero-order valence-electron chi connectivity index (χ0n) is 12.5. The Kier molecular flexibility index (Phi) is 6.78. The lowest BCUT2D eigenvalue weighted by molar-refractivity contribution is -0.159. The van der Waals surface area contributed by atoms with Gasteiger partial charge in [0.05, 0.1) is 12.7 Å². The van der Waals surface area contributed by atoms with Crippen LogP contribution >= 0.6 is 0 Å². The van der Waals surface area contributed by atoms with Gasteiger partial charge in [0, 0.05) is 31.0 Å². The predicted molar refractivity (Wildman–Crippen MR) is 75.2 cm³/mol. The molecule has 7 heteroatoms. The van der Waals surface area contributed by atoms with Crippen molar-refractivity contribution in [2.45, 2.75) is 45.3 Å². The van der Waals surface area contributed by atoms with E-state index in [9.17, 15) is 4.79 Å². The minimum absolute atomic E-state index is 0.0279. The molecule has 1 N–H and O–H groups in total. The summed E-state index contributed by atoms with van der Waals surface area (Å²) in [5, 5.41) is 6.70. The van der Waals surface area contributed by atoms with E-state index in [1.54, 1.807) is 6.92 Å². The van der Waals surface area contributed by atoms with Crippen LogP contribution in [0, 0.1) is 5.92 Å². The zero-order valence-corrected chi connectivity index (χ0v) is 12.5. The molecule has 1 aliphatic rings. The number of carbonyl (C=O) groups is 1. The molecule has 0 bridgehead atoms. The number of azide groups is 1. The summed E-state index contributed by atoms with van der Waals surface area (Å²) in [4.78, 5) is 15.0. The standard InChI is InChI=1S/C13H24N4O3/c1-4-19-12(18)13(15-6-7-16-17-14)5-8-20-11(9-13)10(2)3/h10-11,15H,4-9H2,1-3H3. The Morgan fingerprint density at radius 2 is 2.40 bits per heavy atom. The normalized spacial score (nSPS) is 26.1. The molecule has 7 nitrogen and oxygen atoms in total. The van der Waals surface area contributed by atoms with Crippen molar-refractivity contribution in [2.24, 2.45) is 11.0 Å². The molecule has 20 heavy (non-hydrogen) atoms. The van der Waals surface area contributed by atoms with Gasteiger partial charge in [-0.05, 0) is 24.8 Å². The molecule has 2 atom stereocenters. The van der Waals surface area contributed by atoms with Crippen molar-refractivity contribution in [3.05, 3.63) is 10.4 Å². The van der Waals surface area contributed by atoms with E-state index in [0.29, 0.717) is 45.1 Å². The molecule has 1 rings (SSSR count). The largest absolute Gasteiger partial charge is 0.465 e. The van der Waals surface area contributed by atoms with Crippen LogP contribution in [0.3, 0.4) is 0 Å². The van der Waals surface area contributed by atoms with E-state index in [1.165, 1.54) is 0 Å². The lowest BCUT2D eigenvalue weighted by Crippen LogP contribution is -2.59. The molecule has 0 aromatic rings. The quantitative estimate of drug-likeness (QED) is 0.254. The fraction of sp³-hybridized carbons (Fsp3) is 0.923.